The second-order valence-corrected chi connectivity index (χ2v) is 6.81. The average Bonchev–Trinajstić information content (AvgIpc) is 2.25. The van der Waals surface area contributed by atoms with E-state index >= 15 is 0 Å². The van der Waals surface area contributed by atoms with Crippen LogP contribution in [-0.2, 0) is 33.4 Å². The molecule has 0 amide bonds. The molecule has 0 aliphatic rings. The van der Waals surface area contributed by atoms with Gasteiger partial charge in [0.1, 0.15) is 0 Å². The maximum absolute atomic E-state index is 11.6. The van der Waals surface area contributed by atoms with Gasteiger partial charge in [-0.3, -0.25) is 4.18 Å². The molecule has 18 heavy (non-hydrogen) atoms. The van der Waals surface area contributed by atoms with Gasteiger partial charge in [0, 0.05) is 6.08 Å². The van der Waals surface area contributed by atoms with Gasteiger partial charge in [0.05, 0.1) is 6.61 Å². The molecule has 0 aromatic heterocycles. The number of carbonyl (C=O) groups excluding carboxylic acids is 1. The highest BCUT2D eigenvalue weighted by molar-refractivity contribution is 8.05. The van der Waals surface area contributed by atoms with Crippen LogP contribution in [-0.4, -0.2) is 34.0 Å². The first-order valence-electron chi connectivity index (χ1n) is 4.80. The minimum atomic E-state index is -4.64. The van der Waals surface area contributed by atoms with E-state index in [1.54, 1.807) is 0 Å². The summed E-state index contributed by atoms with van der Waals surface area (Å²) >= 11 is 0. The van der Waals surface area contributed by atoms with E-state index in [9.17, 15) is 21.6 Å². The Kier molecular flexibility index (Phi) is 6.22. The Morgan fingerprint density at radius 2 is 1.78 bits per heavy atom. The molecule has 1 unspecified atom stereocenters. The lowest BCUT2D eigenvalue weighted by Gasteiger charge is -2.14. The maximum Gasteiger partial charge on any atom is 0.345 e. The number of hydrogen-bond donors (Lipinski definition) is 0. The Morgan fingerprint density at radius 3 is 2.17 bits per heavy atom. The average molecular weight is 298 g/mol. The zero-order chi connectivity index (χ0) is 14.4. The Bertz CT molecular complexity index is 515. The fourth-order valence-corrected chi connectivity index (χ4v) is 4.07. The van der Waals surface area contributed by atoms with Crippen molar-refractivity contribution in [2.75, 3.05) is 6.61 Å². The third kappa shape index (κ3) is 4.59. The molecule has 0 rings (SSSR count). The Labute approximate surface area is 106 Å². The molecule has 0 saturated carbocycles. The second-order valence-electron chi connectivity index (χ2n) is 3.00. The smallest absolute Gasteiger partial charge is 0.341 e. The number of hydrogen-bond acceptors (Lipinski definition) is 7. The van der Waals surface area contributed by atoms with Gasteiger partial charge in [0.15, 0.2) is 0 Å². The SMILES string of the molecule is C=CCOS(=O)(=O)C(CC)S(=O)(=O)OC(=O)C=C. The van der Waals surface area contributed by atoms with Crippen molar-refractivity contribution in [2.45, 2.75) is 17.9 Å². The van der Waals surface area contributed by atoms with Crippen LogP contribution in [0.25, 0.3) is 0 Å². The second kappa shape index (κ2) is 6.66. The van der Waals surface area contributed by atoms with Crippen LogP contribution in [0.3, 0.4) is 0 Å². The van der Waals surface area contributed by atoms with Gasteiger partial charge in [-0.2, -0.15) is 16.8 Å². The lowest BCUT2D eigenvalue weighted by atomic mass is 10.6. The molecule has 0 saturated heterocycles. The first kappa shape index (κ1) is 16.8. The van der Waals surface area contributed by atoms with Gasteiger partial charge < -0.3 is 4.18 Å². The molecule has 0 spiro atoms. The fraction of sp³-hybridized carbons (Fsp3) is 0.444. The Balaban J connectivity index is 5.25. The summed E-state index contributed by atoms with van der Waals surface area (Å²) in [5, 5.41) is 0. The van der Waals surface area contributed by atoms with Crippen molar-refractivity contribution in [3.8, 4) is 0 Å². The standard InChI is InChI=1S/C9H14O7S2/c1-4-7-15-17(11,12)9(6-3)18(13,14)16-8(10)5-2/h4-5,9H,1-2,6-7H2,3H3. The lowest BCUT2D eigenvalue weighted by molar-refractivity contribution is -0.128. The maximum atomic E-state index is 11.6. The van der Waals surface area contributed by atoms with Crippen LogP contribution >= 0.6 is 0 Å². The van der Waals surface area contributed by atoms with Crippen molar-refractivity contribution in [3.05, 3.63) is 25.3 Å². The third-order valence-corrected chi connectivity index (χ3v) is 5.92. The van der Waals surface area contributed by atoms with Gasteiger partial charge in [-0.15, -0.1) is 6.58 Å². The molecule has 0 N–H and O–H groups in total. The summed E-state index contributed by atoms with van der Waals surface area (Å²) in [5.74, 6) is -1.26. The summed E-state index contributed by atoms with van der Waals surface area (Å²) in [7, 11) is -9.06. The van der Waals surface area contributed by atoms with Crippen LogP contribution < -0.4 is 0 Å². The highest BCUT2D eigenvalue weighted by atomic mass is 32.3. The van der Waals surface area contributed by atoms with Gasteiger partial charge in [-0.25, -0.2) is 4.79 Å². The van der Waals surface area contributed by atoms with Crippen molar-refractivity contribution in [3.63, 3.8) is 0 Å². The highest BCUT2D eigenvalue weighted by Gasteiger charge is 2.39. The Morgan fingerprint density at radius 1 is 1.22 bits per heavy atom. The zero-order valence-electron chi connectivity index (χ0n) is 9.73. The van der Waals surface area contributed by atoms with E-state index < -0.39 is 30.8 Å². The number of rotatable bonds is 8. The first-order valence-corrected chi connectivity index (χ1v) is 7.74. The monoisotopic (exact) mass is 298 g/mol. The predicted molar refractivity (Wildman–Crippen MR) is 64.4 cm³/mol. The van der Waals surface area contributed by atoms with E-state index in [-0.39, 0.29) is 13.0 Å². The van der Waals surface area contributed by atoms with E-state index in [0.717, 1.165) is 6.08 Å². The van der Waals surface area contributed by atoms with Crippen LogP contribution in [0, 0.1) is 0 Å². The van der Waals surface area contributed by atoms with Crippen molar-refractivity contribution in [1.29, 1.82) is 0 Å². The summed E-state index contributed by atoms with van der Waals surface area (Å²) in [5.41, 5.74) is 0. The van der Waals surface area contributed by atoms with Crippen molar-refractivity contribution >= 4 is 26.2 Å². The van der Waals surface area contributed by atoms with E-state index in [4.69, 9.17) is 0 Å². The molecule has 0 bridgehead atoms. The van der Waals surface area contributed by atoms with E-state index in [1.165, 1.54) is 6.92 Å². The normalized spacial score (nSPS) is 13.6. The summed E-state index contributed by atoms with van der Waals surface area (Å²) in [6.45, 7) is 7.18. The minimum Gasteiger partial charge on any atom is -0.341 e. The van der Waals surface area contributed by atoms with Gasteiger partial charge in [0.2, 0.25) is 4.58 Å². The van der Waals surface area contributed by atoms with E-state index in [2.05, 4.69) is 21.5 Å². The molecule has 0 aromatic carbocycles. The molecule has 0 fully saturated rings. The van der Waals surface area contributed by atoms with Crippen LogP contribution in [0.1, 0.15) is 13.3 Å². The lowest BCUT2D eigenvalue weighted by Crippen LogP contribution is -2.33. The highest BCUT2D eigenvalue weighted by Crippen LogP contribution is 2.17. The van der Waals surface area contributed by atoms with Crippen LogP contribution in [0.2, 0.25) is 0 Å². The van der Waals surface area contributed by atoms with Gasteiger partial charge in [-0.1, -0.05) is 19.6 Å². The van der Waals surface area contributed by atoms with Crippen molar-refractivity contribution in [2.24, 2.45) is 0 Å². The van der Waals surface area contributed by atoms with Crippen molar-refractivity contribution < 1.29 is 30.0 Å². The third-order valence-electron chi connectivity index (χ3n) is 1.69. The molecular weight excluding hydrogens is 284 g/mol. The molecule has 0 aromatic rings. The molecule has 1 atom stereocenters. The van der Waals surface area contributed by atoms with Gasteiger partial charge >= 0.3 is 16.1 Å². The molecule has 0 heterocycles. The van der Waals surface area contributed by atoms with Gasteiger partial charge in [-0.05, 0) is 6.42 Å². The molecule has 0 aliphatic carbocycles. The largest absolute Gasteiger partial charge is 0.345 e. The summed E-state index contributed by atoms with van der Waals surface area (Å²) in [4.78, 5) is 10.8. The topological polar surface area (TPSA) is 104 Å². The number of carbonyl (C=O) groups is 1. The summed E-state index contributed by atoms with van der Waals surface area (Å²) in [6, 6.07) is 0. The quantitative estimate of drug-likeness (QED) is 0.361. The summed E-state index contributed by atoms with van der Waals surface area (Å²) < 4.78 is 52.7. The predicted octanol–water partition coefficient (Wildman–Crippen LogP) is 0.314. The molecule has 7 nitrogen and oxygen atoms in total. The molecule has 0 aliphatic heterocycles. The van der Waals surface area contributed by atoms with Gasteiger partial charge in [0.25, 0.3) is 10.1 Å². The molecule has 104 valence electrons. The first-order chi connectivity index (χ1) is 8.21. The van der Waals surface area contributed by atoms with Crippen LogP contribution in [0.15, 0.2) is 25.3 Å². The molecular formula is C9H14O7S2. The van der Waals surface area contributed by atoms with Crippen LogP contribution in [0.5, 0.6) is 0 Å². The fourth-order valence-electron chi connectivity index (χ4n) is 0.974. The summed E-state index contributed by atoms with van der Waals surface area (Å²) in [6.07, 6.45) is 1.43. The van der Waals surface area contributed by atoms with E-state index in [0.29, 0.717) is 6.08 Å². The Hall–Kier alpha value is -1.19. The van der Waals surface area contributed by atoms with Crippen molar-refractivity contribution in [1.82, 2.24) is 0 Å². The van der Waals surface area contributed by atoms with Crippen LogP contribution in [0.4, 0.5) is 0 Å². The zero-order valence-corrected chi connectivity index (χ0v) is 11.4. The minimum absolute atomic E-state index is 0.327. The van der Waals surface area contributed by atoms with E-state index in [1.807, 2.05) is 0 Å². The molecule has 0 radical (unpaired) electrons. The molecule has 9 heteroatoms.